The Hall–Kier alpha value is -0.273. The Morgan fingerprint density at radius 1 is 1.16 bits per heavy atom. The highest BCUT2D eigenvalue weighted by molar-refractivity contribution is 9.09. The number of rotatable bonds is 8. The van der Waals surface area contributed by atoms with Crippen LogP contribution >= 0.6 is 15.9 Å². The minimum absolute atomic E-state index is 0.0790. The second kappa shape index (κ2) is 8.11. The van der Waals surface area contributed by atoms with Crippen LogP contribution < -0.4 is 0 Å². The lowest BCUT2D eigenvalue weighted by molar-refractivity contribution is 0.359. The van der Waals surface area contributed by atoms with Gasteiger partial charge < -0.3 is 4.43 Å². The molecule has 0 radical (unpaired) electrons. The molecule has 110 valence electrons. The van der Waals surface area contributed by atoms with E-state index >= 15 is 0 Å². The number of hydrogen-bond acceptors (Lipinski definition) is 2. The van der Waals surface area contributed by atoms with Gasteiger partial charge in [0.15, 0.2) is 0 Å². The van der Waals surface area contributed by atoms with Crippen LogP contribution in [0.5, 0.6) is 0 Å². The second-order valence-corrected chi connectivity index (χ2v) is 12.5. The van der Waals surface area contributed by atoms with Crippen molar-refractivity contribution in [2.75, 3.05) is 0 Å². The Morgan fingerprint density at radius 3 is 1.89 bits per heavy atom. The molecule has 1 atom stereocenters. The van der Waals surface area contributed by atoms with Gasteiger partial charge in [0, 0.05) is 6.42 Å². The maximum atomic E-state index is 8.66. The zero-order chi connectivity index (χ0) is 15.2. The minimum atomic E-state index is -1.91. The zero-order valence-corrected chi connectivity index (χ0v) is 15.8. The summed E-state index contributed by atoms with van der Waals surface area (Å²) in [6, 6.07) is 2.17. The molecule has 0 saturated heterocycles. The van der Waals surface area contributed by atoms with E-state index in [1.54, 1.807) is 0 Å². The van der Waals surface area contributed by atoms with Crippen molar-refractivity contribution in [2.45, 2.75) is 75.8 Å². The van der Waals surface area contributed by atoms with Crippen LogP contribution in [-0.2, 0) is 4.43 Å². The molecule has 0 aliphatic rings. The summed E-state index contributed by atoms with van der Waals surface area (Å²) in [6.07, 6.45) is 1.28. The highest BCUT2D eigenvalue weighted by Gasteiger charge is 2.47. The van der Waals surface area contributed by atoms with Gasteiger partial charge in [-0.3, -0.25) is 0 Å². The topological polar surface area (TPSA) is 33.0 Å². The Morgan fingerprint density at radius 2 is 1.58 bits per heavy atom. The third-order valence-corrected chi connectivity index (χ3v) is 10.9. The van der Waals surface area contributed by atoms with Gasteiger partial charge in [-0.05, 0) is 23.0 Å². The molecule has 19 heavy (non-hydrogen) atoms. The van der Waals surface area contributed by atoms with Crippen LogP contribution in [0.1, 0.15) is 54.4 Å². The van der Waals surface area contributed by atoms with E-state index < -0.39 is 8.32 Å². The molecule has 0 amide bonds. The summed E-state index contributed by atoms with van der Waals surface area (Å²) < 4.78 is 6.47. The maximum absolute atomic E-state index is 8.66. The zero-order valence-electron chi connectivity index (χ0n) is 13.2. The molecule has 0 aromatic rings. The van der Waals surface area contributed by atoms with Gasteiger partial charge >= 0.3 is 0 Å². The molecule has 0 fully saturated rings. The average Bonchev–Trinajstić information content (AvgIpc) is 2.30. The summed E-state index contributed by atoms with van der Waals surface area (Å²) in [5.41, 5.74) is 1.62. The maximum Gasteiger partial charge on any atom is 0.258 e. The van der Waals surface area contributed by atoms with Crippen LogP contribution in [0.3, 0.4) is 0 Å². The van der Waals surface area contributed by atoms with E-state index in [1.165, 1.54) is 0 Å². The van der Waals surface area contributed by atoms with Gasteiger partial charge in [-0.25, -0.2) is 0 Å². The van der Waals surface area contributed by atoms with Crippen LogP contribution in [0.25, 0.3) is 0 Å². The first kappa shape index (κ1) is 18.7. The van der Waals surface area contributed by atoms with Crippen molar-refractivity contribution in [1.29, 1.82) is 5.26 Å². The van der Waals surface area contributed by atoms with Crippen molar-refractivity contribution in [3.63, 3.8) is 0 Å². The normalized spacial score (nSPS) is 13.7. The predicted octanol–water partition coefficient (Wildman–Crippen LogP) is 5.76. The first-order chi connectivity index (χ1) is 8.70. The van der Waals surface area contributed by atoms with E-state index in [4.69, 9.17) is 9.69 Å². The molecular weight excluding hydrogens is 318 g/mol. The summed E-state index contributed by atoms with van der Waals surface area (Å²) in [4.78, 5) is 0.0790. The molecule has 2 nitrogen and oxygen atoms in total. The lowest BCUT2D eigenvalue weighted by Gasteiger charge is -2.43. The lowest BCUT2D eigenvalue weighted by atomic mass is 10.2. The fourth-order valence-corrected chi connectivity index (χ4v) is 8.80. The molecule has 0 aliphatic carbocycles. The third kappa shape index (κ3) is 4.64. The minimum Gasteiger partial charge on any atom is -0.545 e. The summed E-state index contributed by atoms with van der Waals surface area (Å²) >= 11 is 3.59. The molecule has 0 heterocycles. The van der Waals surface area contributed by atoms with E-state index in [-0.39, 0.29) is 4.83 Å². The van der Waals surface area contributed by atoms with Gasteiger partial charge in [0.2, 0.25) is 0 Å². The van der Waals surface area contributed by atoms with Gasteiger partial charge in [-0.15, -0.1) is 0 Å². The second-order valence-electron chi connectivity index (χ2n) is 6.05. The summed E-state index contributed by atoms with van der Waals surface area (Å²) in [5, 5.41) is 8.66. The molecule has 0 N–H and O–H groups in total. The summed E-state index contributed by atoms with van der Waals surface area (Å²) in [6.45, 7) is 17.7. The van der Waals surface area contributed by atoms with Crippen LogP contribution in [0.4, 0.5) is 0 Å². The Labute approximate surface area is 128 Å². The first-order valence-electron chi connectivity index (χ1n) is 7.08. The fourth-order valence-electron chi connectivity index (χ4n) is 3.00. The van der Waals surface area contributed by atoms with Crippen molar-refractivity contribution in [3.05, 3.63) is 12.3 Å². The molecule has 0 spiro atoms. The quantitative estimate of drug-likeness (QED) is 0.318. The standard InChI is InChI=1S/C15H28BrNOSi/c1-11(2)19(12(3)4,13(5)6)18-14(7)15(16)9-8-10-17/h11-13,15H,7-9H2,1-6H3. The Balaban J connectivity index is 5.03. The van der Waals surface area contributed by atoms with E-state index in [1.807, 2.05) is 0 Å². The monoisotopic (exact) mass is 345 g/mol. The van der Waals surface area contributed by atoms with Crippen LogP contribution in [0.2, 0.25) is 16.6 Å². The predicted molar refractivity (Wildman–Crippen MR) is 88.8 cm³/mol. The highest BCUT2D eigenvalue weighted by Crippen LogP contribution is 2.44. The van der Waals surface area contributed by atoms with Gasteiger partial charge in [0.25, 0.3) is 8.32 Å². The van der Waals surface area contributed by atoms with E-state index in [0.29, 0.717) is 23.0 Å². The molecule has 0 rings (SSSR count). The number of hydrogen-bond donors (Lipinski definition) is 0. The van der Waals surface area contributed by atoms with Gasteiger partial charge in [-0.1, -0.05) is 64.1 Å². The molecule has 0 aromatic heterocycles. The van der Waals surface area contributed by atoms with E-state index in [0.717, 1.165) is 12.2 Å². The molecule has 1 unspecified atom stereocenters. The van der Waals surface area contributed by atoms with Crippen molar-refractivity contribution >= 4 is 24.2 Å². The average molecular weight is 346 g/mol. The lowest BCUT2D eigenvalue weighted by Crippen LogP contribution is -2.48. The number of halogens is 1. The molecule has 0 aromatic carbocycles. The first-order valence-corrected chi connectivity index (χ1v) is 10.1. The van der Waals surface area contributed by atoms with Gasteiger partial charge in [-0.2, -0.15) is 5.26 Å². The Kier molecular flexibility index (Phi) is 8.00. The molecule has 4 heteroatoms. The molecule has 0 bridgehead atoms. The van der Waals surface area contributed by atoms with Crippen molar-refractivity contribution in [3.8, 4) is 6.07 Å². The van der Waals surface area contributed by atoms with Crippen molar-refractivity contribution < 1.29 is 4.43 Å². The third-order valence-electron chi connectivity index (χ3n) is 3.87. The molecule has 0 aliphatic heterocycles. The largest absolute Gasteiger partial charge is 0.545 e. The number of nitriles is 1. The number of alkyl halides is 1. The van der Waals surface area contributed by atoms with Crippen LogP contribution in [0, 0.1) is 11.3 Å². The van der Waals surface area contributed by atoms with Crippen LogP contribution in [-0.4, -0.2) is 13.1 Å². The fraction of sp³-hybridized carbons (Fsp3) is 0.800. The van der Waals surface area contributed by atoms with Crippen molar-refractivity contribution in [1.82, 2.24) is 0 Å². The summed E-state index contributed by atoms with van der Waals surface area (Å²) in [7, 11) is -1.91. The van der Waals surface area contributed by atoms with Gasteiger partial charge in [0.1, 0.15) is 0 Å². The Bertz CT molecular complexity index is 312. The molecular formula is C15H28BrNOSi. The highest BCUT2D eigenvalue weighted by atomic mass is 79.9. The summed E-state index contributed by atoms with van der Waals surface area (Å²) in [5.74, 6) is 0.804. The SMILES string of the molecule is C=C(O[Si](C(C)C)(C(C)C)C(C)C)C(Br)CCC#N. The smallest absolute Gasteiger partial charge is 0.258 e. The van der Waals surface area contributed by atoms with Crippen molar-refractivity contribution in [2.24, 2.45) is 0 Å². The van der Waals surface area contributed by atoms with E-state index in [9.17, 15) is 0 Å². The van der Waals surface area contributed by atoms with Gasteiger partial charge in [0.05, 0.1) is 16.7 Å². The number of nitrogens with zero attached hydrogens (tertiary/aromatic N) is 1. The molecule has 0 saturated carbocycles. The van der Waals surface area contributed by atoms with E-state index in [2.05, 4.69) is 70.1 Å². The van der Waals surface area contributed by atoms with Crippen LogP contribution in [0.15, 0.2) is 12.3 Å². The number of allylic oxidation sites excluding steroid dienone is 1.